The van der Waals surface area contributed by atoms with E-state index in [0.717, 1.165) is 29.0 Å². The maximum atomic E-state index is 5.91. The van der Waals surface area contributed by atoms with E-state index in [1.54, 1.807) is 7.11 Å². The highest BCUT2D eigenvalue weighted by molar-refractivity contribution is 9.10. The number of rotatable bonds is 7. The van der Waals surface area contributed by atoms with Crippen LogP contribution in [0.4, 0.5) is 0 Å². The van der Waals surface area contributed by atoms with Gasteiger partial charge in [0.1, 0.15) is 18.1 Å². The van der Waals surface area contributed by atoms with Crippen LogP contribution in [0.15, 0.2) is 39.2 Å². The Bertz CT molecular complexity index is 560. The van der Waals surface area contributed by atoms with E-state index in [1.807, 2.05) is 12.1 Å². The van der Waals surface area contributed by atoms with Crippen LogP contribution in [0, 0.1) is 6.92 Å². The van der Waals surface area contributed by atoms with Gasteiger partial charge >= 0.3 is 0 Å². The van der Waals surface area contributed by atoms with E-state index in [0.29, 0.717) is 6.61 Å². The third-order valence-electron chi connectivity index (χ3n) is 3.25. The Morgan fingerprint density at radius 1 is 1.29 bits per heavy atom. The topological polar surface area (TPSA) is 34.4 Å². The molecule has 21 heavy (non-hydrogen) atoms. The summed E-state index contributed by atoms with van der Waals surface area (Å²) in [6, 6.07) is 10.5. The van der Waals surface area contributed by atoms with Gasteiger partial charge < -0.3 is 14.5 Å². The molecule has 1 aromatic heterocycles. The van der Waals surface area contributed by atoms with E-state index >= 15 is 0 Å². The Balaban J connectivity index is 2.31. The fourth-order valence-corrected chi connectivity index (χ4v) is 3.00. The van der Waals surface area contributed by atoms with Crippen LogP contribution in [0.3, 0.4) is 0 Å². The van der Waals surface area contributed by atoms with Crippen LogP contribution in [0.1, 0.15) is 42.0 Å². The quantitative estimate of drug-likeness (QED) is 0.792. The molecule has 0 radical (unpaired) electrons. The van der Waals surface area contributed by atoms with E-state index < -0.39 is 0 Å². The molecule has 1 heterocycles. The minimum Gasteiger partial charge on any atom is -0.462 e. The van der Waals surface area contributed by atoms with Crippen molar-refractivity contribution in [2.45, 2.75) is 32.9 Å². The Morgan fingerprint density at radius 2 is 2.10 bits per heavy atom. The smallest absolute Gasteiger partial charge is 0.129 e. The third-order valence-corrected chi connectivity index (χ3v) is 3.71. The summed E-state index contributed by atoms with van der Waals surface area (Å²) < 4.78 is 12.1. The number of halogens is 1. The second-order valence-electron chi connectivity index (χ2n) is 5.19. The zero-order chi connectivity index (χ0) is 15.2. The van der Waals surface area contributed by atoms with Gasteiger partial charge in [-0.1, -0.05) is 28.9 Å². The molecule has 0 aliphatic rings. The minimum absolute atomic E-state index is 0.0618. The number of nitrogens with one attached hydrogen (secondary N) is 1. The van der Waals surface area contributed by atoms with Crippen LogP contribution in [0.5, 0.6) is 0 Å². The molecule has 1 atom stereocenters. The van der Waals surface area contributed by atoms with Crippen molar-refractivity contribution in [3.05, 3.63) is 57.5 Å². The number of ether oxygens (including phenoxy) is 1. The number of benzene rings is 1. The molecule has 0 aliphatic carbocycles. The lowest BCUT2D eigenvalue weighted by Crippen LogP contribution is -2.22. The fraction of sp³-hybridized carbons (Fsp3) is 0.412. The van der Waals surface area contributed by atoms with Crippen molar-refractivity contribution < 1.29 is 9.15 Å². The molecular weight excluding hydrogens is 330 g/mol. The highest BCUT2D eigenvalue weighted by Gasteiger charge is 2.18. The van der Waals surface area contributed by atoms with Gasteiger partial charge in [0.05, 0.1) is 6.04 Å². The standard InChI is InChI=1S/C17H22BrNO2/c1-4-7-19-17(13-8-12(2)9-14(18)10-13)16-6-5-15(21-16)11-20-3/h5-6,8-10,17,19H,4,7,11H2,1-3H3. The number of furan rings is 1. The first kappa shape index (κ1) is 16.3. The van der Waals surface area contributed by atoms with Crippen molar-refractivity contribution in [2.75, 3.05) is 13.7 Å². The second-order valence-corrected chi connectivity index (χ2v) is 6.10. The van der Waals surface area contributed by atoms with Gasteiger partial charge in [0.15, 0.2) is 0 Å². The number of aryl methyl sites for hydroxylation is 1. The summed E-state index contributed by atoms with van der Waals surface area (Å²) in [5.41, 5.74) is 2.43. The summed E-state index contributed by atoms with van der Waals surface area (Å²) in [6.07, 6.45) is 1.08. The van der Waals surface area contributed by atoms with Crippen molar-refractivity contribution >= 4 is 15.9 Å². The van der Waals surface area contributed by atoms with Gasteiger partial charge in [-0.25, -0.2) is 0 Å². The van der Waals surface area contributed by atoms with Crippen molar-refractivity contribution in [3.63, 3.8) is 0 Å². The van der Waals surface area contributed by atoms with Crippen molar-refractivity contribution in [2.24, 2.45) is 0 Å². The summed E-state index contributed by atoms with van der Waals surface area (Å²) in [7, 11) is 1.67. The van der Waals surface area contributed by atoms with Gasteiger partial charge in [-0.05, 0) is 55.3 Å². The summed E-state index contributed by atoms with van der Waals surface area (Å²) in [5.74, 6) is 1.77. The molecule has 0 fully saturated rings. The van der Waals surface area contributed by atoms with Crippen molar-refractivity contribution in [1.82, 2.24) is 5.32 Å². The molecule has 4 heteroatoms. The predicted molar refractivity (Wildman–Crippen MR) is 88.4 cm³/mol. The Hall–Kier alpha value is -1.10. The zero-order valence-electron chi connectivity index (χ0n) is 12.8. The lowest BCUT2D eigenvalue weighted by atomic mass is 10.0. The molecule has 2 aromatic rings. The van der Waals surface area contributed by atoms with E-state index in [2.05, 4.69) is 53.3 Å². The van der Waals surface area contributed by atoms with Crippen LogP contribution in [-0.4, -0.2) is 13.7 Å². The van der Waals surface area contributed by atoms with Gasteiger partial charge in [-0.2, -0.15) is 0 Å². The molecule has 1 N–H and O–H groups in total. The molecule has 0 bridgehead atoms. The lowest BCUT2D eigenvalue weighted by Gasteiger charge is -2.18. The number of methoxy groups -OCH3 is 1. The van der Waals surface area contributed by atoms with Gasteiger partial charge in [-0.15, -0.1) is 0 Å². The predicted octanol–water partition coefficient (Wildman–Crippen LogP) is 4.59. The lowest BCUT2D eigenvalue weighted by molar-refractivity contribution is 0.162. The van der Waals surface area contributed by atoms with E-state index in [-0.39, 0.29) is 6.04 Å². The van der Waals surface area contributed by atoms with Gasteiger partial charge in [-0.3, -0.25) is 0 Å². The minimum atomic E-state index is 0.0618. The maximum Gasteiger partial charge on any atom is 0.129 e. The average Bonchev–Trinajstić information content (AvgIpc) is 2.87. The third kappa shape index (κ3) is 4.43. The molecule has 1 unspecified atom stereocenters. The Kier molecular flexibility index (Phi) is 6.03. The van der Waals surface area contributed by atoms with Crippen LogP contribution in [0.25, 0.3) is 0 Å². The zero-order valence-corrected chi connectivity index (χ0v) is 14.4. The van der Waals surface area contributed by atoms with Crippen LogP contribution < -0.4 is 5.32 Å². The monoisotopic (exact) mass is 351 g/mol. The molecule has 2 rings (SSSR count). The fourth-order valence-electron chi connectivity index (χ4n) is 2.37. The number of hydrogen-bond acceptors (Lipinski definition) is 3. The SMILES string of the molecule is CCCNC(c1cc(C)cc(Br)c1)c1ccc(COC)o1. The Labute approximate surface area is 134 Å². The van der Waals surface area contributed by atoms with Gasteiger partial charge in [0.2, 0.25) is 0 Å². The molecule has 0 aliphatic heterocycles. The molecule has 0 saturated heterocycles. The first-order chi connectivity index (χ1) is 10.1. The molecule has 0 saturated carbocycles. The summed E-state index contributed by atoms with van der Waals surface area (Å²) in [6.45, 7) is 5.70. The van der Waals surface area contributed by atoms with E-state index in [4.69, 9.17) is 9.15 Å². The molecule has 0 spiro atoms. The van der Waals surface area contributed by atoms with Gasteiger partial charge in [0.25, 0.3) is 0 Å². The van der Waals surface area contributed by atoms with Gasteiger partial charge in [0, 0.05) is 11.6 Å². The summed E-state index contributed by atoms with van der Waals surface area (Å²) in [5, 5.41) is 3.56. The van der Waals surface area contributed by atoms with Crippen molar-refractivity contribution in [1.29, 1.82) is 0 Å². The Morgan fingerprint density at radius 3 is 2.76 bits per heavy atom. The van der Waals surface area contributed by atoms with Crippen LogP contribution in [0.2, 0.25) is 0 Å². The van der Waals surface area contributed by atoms with Crippen molar-refractivity contribution in [3.8, 4) is 0 Å². The van der Waals surface area contributed by atoms with E-state index in [9.17, 15) is 0 Å². The summed E-state index contributed by atoms with van der Waals surface area (Å²) in [4.78, 5) is 0. The first-order valence-electron chi connectivity index (χ1n) is 7.22. The maximum absolute atomic E-state index is 5.91. The number of hydrogen-bond donors (Lipinski definition) is 1. The molecule has 1 aromatic carbocycles. The highest BCUT2D eigenvalue weighted by atomic mass is 79.9. The van der Waals surface area contributed by atoms with Crippen LogP contribution in [-0.2, 0) is 11.3 Å². The molecular formula is C17H22BrNO2. The van der Waals surface area contributed by atoms with E-state index in [1.165, 1.54) is 11.1 Å². The highest BCUT2D eigenvalue weighted by Crippen LogP contribution is 2.27. The normalized spacial score (nSPS) is 12.6. The van der Waals surface area contributed by atoms with Crippen LogP contribution >= 0.6 is 15.9 Å². The average molecular weight is 352 g/mol. The second kappa shape index (κ2) is 7.78. The molecule has 114 valence electrons. The summed E-state index contributed by atoms with van der Waals surface area (Å²) >= 11 is 3.57. The molecule has 0 amide bonds. The largest absolute Gasteiger partial charge is 0.462 e. The first-order valence-corrected chi connectivity index (χ1v) is 8.01. The molecule has 3 nitrogen and oxygen atoms in total.